The van der Waals surface area contributed by atoms with E-state index in [2.05, 4.69) is 105 Å². The zero-order valence-corrected chi connectivity index (χ0v) is 15.1. The number of hydrogen-bond donors (Lipinski definition) is 0. The maximum Gasteiger partial charge on any atom is 0.143 e. The van der Waals surface area contributed by atoms with Crippen LogP contribution in [0.2, 0.25) is 0 Å². The highest BCUT2D eigenvalue weighted by Gasteiger charge is 2.37. The molecule has 3 rings (SSSR count). The Morgan fingerprint density at radius 1 is 0.640 bits per heavy atom. The van der Waals surface area contributed by atoms with Crippen LogP contribution < -0.4 is 0 Å². The van der Waals surface area contributed by atoms with Crippen LogP contribution >= 0.6 is 0 Å². The van der Waals surface area contributed by atoms with Crippen LogP contribution in [0.1, 0.15) is 37.0 Å². The zero-order valence-electron chi connectivity index (χ0n) is 15.1. The second-order valence-corrected chi connectivity index (χ2v) is 6.81. The van der Waals surface area contributed by atoms with Gasteiger partial charge in [0.2, 0.25) is 0 Å². The van der Waals surface area contributed by atoms with Crippen molar-refractivity contribution in [1.29, 1.82) is 0 Å². The highest BCUT2D eigenvalue weighted by Crippen LogP contribution is 2.40. The fourth-order valence-corrected chi connectivity index (χ4v) is 3.22. The van der Waals surface area contributed by atoms with E-state index in [0.717, 1.165) is 29.7 Å². The second kappa shape index (κ2) is 8.13. The smallest absolute Gasteiger partial charge is 0.143 e. The normalized spacial score (nSPS) is 11.6. The first-order valence-corrected chi connectivity index (χ1v) is 9.04. The summed E-state index contributed by atoms with van der Waals surface area (Å²) < 4.78 is 6.70. The maximum atomic E-state index is 6.70. The van der Waals surface area contributed by atoms with Gasteiger partial charge >= 0.3 is 0 Å². The second-order valence-electron chi connectivity index (χ2n) is 6.81. The molecule has 0 aliphatic heterocycles. The van der Waals surface area contributed by atoms with Crippen molar-refractivity contribution in [2.24, 2.45) is 5.92 Å². The SMILES string of the molecule is CC(C)CCOC(c1ccccc1)(c1ccccc1)c1ccccc1. The molecule has 128 valence electrons. The molecule has 0 atom stereocenters. The van der Waals surface area contributed by atoms with Gasteiger partial charge in [-0.05, 0) is 29.0 Å². The highest BCUT2D eigenvalue weighted by molar-refractivity contribution is 5.47. The minimum atomic E-state index is -0.585. The molecule has 0 fully saturated rings. The lowest BCUT2D eigenvalue weighted by Crippen LogP contribution is -2.33. The summed E-state index contributed by atoms with van der Waals surface area (Å²) in [6.07, 6.45) is 1.04. The van der Waals surface area contributed by atoms with Gasteiger partial charge in [0, 0.05) is 6.61 Å². The van der Waals surface area contributed by atoms with Crippen molar-refractivity contribution in [3.8, 4) is 0 Å². The molecule has 0 aliphatic rings. The van der Waals surface area contributed by atoms with Crippen LogP contribution in [0.3, 0.4) is 0 Å². The molecule has 0 heterocycles. The van der Waals surface area contributed by atoms with E-state index in [-0.39, 0.29) is 0 Å². The van der Waals surface area contributed by atoms with E-state index < -0.39 is 5.60 Å². The summed E-state index contributed by atoms with van der Waals surface area (Å²) in [5.74, 6) is 0.611. The maximum absolute atomic E-state index is 6.70. The fraction of sp³-hybridized carbons (Fsp3) is 0.250. The molecule has 0 spiro atoms. The molecule has 1 heteroatoms. The molecule has 0 radical (unpaired) electrons. The molecule has 0 unspecified atom stereocenters. The number of ether oxygens (including phenoxy) is 1. The molecule has 0 saturated heterocycles. The largest absolute Gasteiger partial charge is 0.361 e. The van der Waals surface area contributed by atoms with Gasteiger partial charge in [0.05, 0.1) is 0 Å². The van der Waals surface area contributed by atoms with Gasteiger partial charge in [-0.2, -0.15) is 0 Å². The number of hydrogen-bond acceptors (Lipinski definition) is 1. The van der Waals surface area contributed by atoms with Crippen LogP contribution in [0.4, 0.5) is 0 Å². The summed E-state index contributed by atoms with van der Waals surface area (Å²) in [6, 6.07) is 31.6. The Hall–Kier alpha value is -2.38. The Morgan fingerprint density at radius 3 is 1.32 bits per heavy atom. The van der Waals surface area contributed by atoms with Crippen molar-refractivity contribution < 1.29 is 4.74 Å². The summed E-state index contributed by atoms with van der Waals surface area (Å²) in [4.78, 5) is 0. The first-order chi connectivity index (χ1) is 12.2. The number of rotatable bonds is 7. The molecule has 1 nitrogen and oxygen atoms in total. The van der Waals surface area contributed by atoms with Crippen LogP contribution in [0.15, 0.2) is 91.0 Å². The van der Waals surface area contributed by atoms with Gasteiger partial charge in [-0.25, -0.2) is 0 Å². The van der Waals surface area contributed by atoms with Gasteiger partial charge < -0.3 is 4.74 Å². The van der Waals surface area contributed by atoms with E-state index >= 15 is 0 Å². The average Bonchev–Trinajstić information content (AvgIpc) is 2.67. The van der Waals surface area contributed by atoms with Crippen LogP contribution in [-0.2, 0) is 10.3 Å². The predicted octanol–water partition coefficient (Wildman–Crippen LogP) is 6.04. The Bertz CT molecular complexity index is 651. The van der Waals surface area contributed by atoms with E-state index in [0.29, 0.717) is 5.92 Å². The molecule has 25 heavy (non-hydrogen) atoms. The molecular formula is C24H26O. The molecular weight excluding hydrogens is 304 g/mol. The van der Waals surface area contributed by atoms with Crippen LogP contribution in [-0.4, -0.2) is 6.61 Å². The monoisotopic (exact) mass is 330 g/mol. The van der Waals surface area contributed by atoms with Crippen molar-refractivity contribution in [3.05, 3.63) is 108 Å². The Labute approximate surface area is 151 Å². The van der Waals surface area contributed by atoms with Crippen molar-refractivity contribution in [2.75, 3.05) is 6.61 Å². The van der Waals surface area contributed by atoms with Gasteiger partial charge in [-0.15, -0.1) is 0 Å². The van der Waals surface area contributed by atoms with Gasteiger partial charge in [-0.3, -0.25) is 0 Å². The van der Waals surface area contributed by atoms with Crippen molar-refractivity contribution in [2.45, 2.75) is 25.9 Å². The first-order valence-electron chi connectivity index (χ1n) is 9.04. The number of benzene rings is 3. The minimum absolute atomic E-state index is 0.585. The summed E-state index contributed by atoms with van der Waals surface area (Å²) >= 11 is 0. The molecule has 0 bridgehead atoms. The van der Waals surface area contributed by atoms with E-state index in [4.69, 9.17) is 4.74 Å². The third-order valence-corrected chi connectivity index (χ3v) is 4.55. The Kier molecular flexibility index (Phi) is 5.67. The van der Waals surface area contributed by atoms with Gasteiger partial charge in [0.15, 0.2) is 0 Å². The Balaban J connectivity index is 2.16. The molecule has 0 N–H and O–H groups in total. The third-order valence-electron chi connectivity index (χ3n) is 4.55. The molecule has 0 aromatic heterocycles. The van der Waals surface area contributed by atoms with E-state index in [1.165, 1.54) is 0 Å². The quantitative estimate of drug-likeness (QED) is 0.480. The summed E-state index contributed by atoms with van der Waals surface area (Å²) in [6.45, 7) is 5.19. The zero-order chi connectivity index (χ0) is 17.5. The van der Waals surface area contributed by atoms with Gasteiger partial charge in [0.1, 0.15) is 5.60 Å². The topological polar surface area (TPSA) is 9.23 Å². The molecule has 3 aromatic carbocycles. The first kappa shape index (κ1) is 17.4. The van der Waals surface area contributed by atoms with Crippen molar-refractivity contribution in [1.82, 2.24) is 0 Å². The minimum Gasteiger partial charge on any atom is -0.361 e. The van der Waals surface area contributed by atoms with Crippen LogP contribution in [0.25, 0.3) is 0 Å². The molecule has 0 aliphatic carbocycles. The average molecular weight is 330 g/mol. The van der Waals surface area contributed by atoms with E-state index in [1.54, 1.807) is 0 Å². The molecule has 0 amide bonds. The van der Waals surface area contributed by atoms with Crippen LogP contribution in [0.5, 0.6) is 0 Å². The van der Waals surface area contributed by atoms with Gasteiger partial charge in [-0.1, -0.05) is 105 Å². The van der Waals surface area contributed by atoms with Gasteiger partial charge in [0.25, 0.3) is 0 Å². The Morgan fingerprint density at radius 2 is 1.00 bits per heavy atom. The molecule has 0 saturated carbocycles. The summed E-state index contributed by atoms with van der Waals surface area (Å²) in [5, 5.41) is 0. The summed E-state index contributed by atoms with van der Waals surface area (Å²) in [5.41, 5.74) is 2.90. The third kappa shape index (κ3) is 3.83. The lowest BCUT2D eigenvalue weighted by Gasteiger charge is -2.36. The van der Waals surface area contributed by atoms with E-state index in [1.807, 2.05) is 0 Å². The van der Waals surface area contributed by atoms with Crippen molar-refractivity contribution in [3.63, 3.8) is 0 Å². The van der Waals surface area contributed by atoms with Crippen LogP contribution in [0, 0.1) is 5.92 Å². The predicted molar refractivity (Wildman–Crippen MR) is 105 cm³/mol. The van der Waals surface area contributed by atoms with E-state index in [9.17, 15) is 0 Å². The molecule has 3 aromatic rings. The summed E-state index contributed by atoms with van der Waals surface area (Å²) in [7, 11) is 0. The standard InChI is InChI=1S/C24H26O/c1-20(2)18-19-25-24(21-12-6-3-7-13-21,22-14-8-4-9-15-22)23-16-10-5-11-17-23/h3-17,20H,18-19H2,1-2H3. The van der Waals surface area contributed by atoms with Crippen molar-refractivity contribution >= 4 is 0 Å². The lowest BCUT2D eigenvalue weighted by molar-refractivity contribution is 0.00726. The highest BCUT2D eigenvalue weighted by atomic mass is 16.5. The fourth-order valence-electron chi connectivity index (χ4n) is 3.22. The lowest BCUT2D eigenvalue weighted by atomic mass is 9.80.